The molecule has 3 rings (SSSR count). The number of aromatic nitrogens is 1. The van der Waals surface area contributed by atoms with Gasteiger partial charge in [-0.05, 0) is 32.2 Å². The first-order valence-corrected chi connectivity index (χ1v) is 8.17. The molecule has 2 heterocycles. The lowest BCUT2D eigenvalue weighted by molar-refractivity contribution is 0.112. The van der Waals surface area contributed by atoms with Gasteiger partial charge in [-0.25, -0.2) is 0 Å². The molecule has 1 aromatic heterocycles. The summed E-state index contributed by atoms with van der Waals surface area (Å²) in [5, 5.41) is 0.982. The average Bonchev–Trinajstić information content (AvgIpc) is 2.84. The molecule has 1 aliphatic heterocycles. The number of nitrogens with zero attached hydrogens (tertiary/aromatic N) is 3. The number of carbonyl (C=O) groups is 1. The highest BCUT2D eigenvalue weighted by Crippen LogP contribution is 2.28. The molecule has 1 saturated heterocycles. The van der Waals surface area contributed by atoms with Crippen LogP contribution in [0.4, 0.5) is 0 Å². The Kier molecular flexibility index (Phi) is 4.68. The Morgan fingerprint density at radius 2 is 1.91 bits per heavy atom. The van der Waals surface area contributed by atoms with Crippen molar-refractivity contribution < 1.29 is 9.53 Å². The van der Waals surface area contributed by atoms with E-state index >= 15 is 0 Å². The molecule has 5 heteroatoms. The lowest BCUT2D eigenvalue weighted by atomic mass is 10.1. The normalized spacial score (nSPS) is 16.8. The van der Waals surface area contributed by atoms with Crippen molar-refractivity contribution in [2.24, 2.45) is 0 Å². The van der Waals surface area contributed by atoms with E-state index in [9.17, 15) is 4.79 Å². The fourth-order valence-corrected chi connectivity index (χ4v) is 3.36. The topological polar surface area (TPSA) is 37.7 Å². The Morgan fingerprint density at radius 1 is 1.17 bits per heavy atom. The van der Waals surface area contributed by atoms with Crippen molar-refractivity contribution in [1.29, 1.82) is 0 Å². The van der Waals surface area contributed by atoms with Crippen LogP contribution < -0.4 is 4.74 Å². The number of rotatable bonds is 5. The number of ether oxygens (including phenoxy) is 1. The van der Waals surface area contributed by atoms with E-state index in [0.29, 0.717) is 0 Å². The Balaban J connectivity index is 1.85. The minimum atomic E-state index is 0.775. The van der Waals surface area contributed by atoms with Gasteiger partial charge in [-0.3, -0.25) is 9.69 Å². The van der Waals surface area contributed by atoms with Crippen molar-refractivity contribution in [3.63, 3.8) is 0 Å². The summed E-state index contributed by atoms with van der Waals surface area (Å²) in [6.45, 7) is 8.44. The summed E-state index contributed by atoms with van der Waals surface area (Å²) in [6, 6.07) is 5.97. The van der Waals surface area contributed by atoms with Crippen LogP contribution in [0.3, 0.4) is 0 Å². The first-order valence-electron chi connectivity index (χ1n) is 8.17. The zero-order valence-corrected chi connectivity index (χ0v) is 14.2. The zero-order chi connectivity index (χ0) is 16.4. The molecule has 1 aliphatic rings. The lowest BCUT2D eigenvalue weighted by Crippen LogP contribution is -2.45. The van der Waals surface area contributed by atoms with Crippen molar-refractivity contribution in [1.82, 2.24) is 14.4 Å². The molecule has 0 radical (unpaired) electrons. The van der Waals surface area contributed by atoms with Gasteiger partial charge >= 0.3 is 0 Å². The van der Waals surface area contributed by atoms with Gasteiger partial charge in [-0.2, -0.15) is 0 Å². The number of methoxy groups -OCH3 is 1. The highest BCUT2D eigenvalue weighted by molar-refractivity contribution is 6.00. The fraction of sp³-hybridized carbons (Fsp3) is 0.500. The van der Waals surface area contributed by atoms with Crippen LogP contribution >= 0.6 is 0 Å². The van der Waals surface area contributed by atoms with Crippen molar-refractivity contribution in [2.75, 3.05) is 46.9 Å². The molecule has 0 N–H and O–H groups in total. The first-order chi connectivity index (χ1) is 11.1. The maximum absolute atomic E-state index is 11.5. The number of carbonyl (C=O) groups excluding carboxylic acids is 1. The first kappa shape index (κ1) is 16.0. The zero-order valence-electron chi connectivity index (χ0n) is 14.2. The van der Waals surface area contributed by atoms with Crippen LogP contribution in [0.5, 0.6) is 5.75 Å². The van der Waals surface area contributed by atoms with Crippen LogP contribution in [0.25, 0.3) is 10.9 Å². The molecule has 0 saturated carbocycles. The maximum Gasteiger partial charge on any atom is 0.152 e. The van der Waals surface area contributed by atoms with E-state index in [0.717, 1.165) is 73.5 Å². The smallest absolute Gasteiger partial charge is 0.152 e. The molecule has 0 bridgehead atoms. The average molecular weight is 315 g/mol. The molecule has 1 aromatic carbocycles. The monoisotopic (exact) mass is 315 g/mol. The third kappa shape index (κ3) is 3.12. The molecule has 124 valence electrons. The largest absolute Gasteiger partial charge is 0.497 e. The molecule has 1 fully saturated rings. The van der Waals surface area contributed by atoms with Crippen LogP contribution in [0.1, 0.15) is 16.1 Å². The van der Waals surface area contributed by atoms with Crippen LogP contribution in [-0.2, 0) is 6.54 Å². The van der Waals surface area contributed by atoms with Gasteiger partial charge in [-0.15, -0.1) is 0 Å². The van der Waals surface area contributed by atoms with Gasteiger partial charge in [0.25, 0.3) is 0 Å². The van der Waals surface area contributed by atoms with Gasteiger partial charge < -0.3 is 14.2 Å². The molecular weight excluding hydrogens is 290 g/mol. The number of hydrogen-bond donors (Lipinski definition) is 0. The Hall–Kier alpha value is -1.85. The molecule has 23 heavy (non-hydrogen) atoms. The summed E-state index contributed by atoms with van der Waals surface area (Å²) in [7, 11) is 3.82. The minimum Gasteiger partial charge on any atom is -0.497 e. The predicted molar refractivity (Wildman–Crippen MR) is 92.6 cm³/mol. The molecule has 0 unspecified atom stereocenters. The third-order valence-electron chi connectivity index (χ3n) is 4.93. The second-order valence-corrected chi connectivity index (χ2v) is 6.30. The molecule has 0 aliphatic carbocycles. The summed E-state index contributed by atoms with van der Waals surface area (Å²) in [4.78, 5) is 16.4. The van der Waals surface area contributed by atoms with Gasteiger partial charge in [0.2, 0.25) is 0 Å². The fourth-order valence-electron chi connectivity index (χ4n) is 3.36. The minimum absolute atomic E-state index is 0.775. The van der Waals surface area contributed by atoms with Crippen molar-refractivity contribution in [2.45, 2.75) is 13.5 Å². The van der Waals surface area contributed by atoms with E-state index in [1.165, 1.54) is 0 Å². The number of aldehydes is 1. The highest BCUT2D eigenvalue weighted by Gasteiger charge is 2.17. The Labute approximate surface area is 137 Å². The van der Waals surface area contributed by atoms with Crippen LogP contribution in [0, 0.1) is 6.92 Å². The Morgan fingerprint density at radius 3 is 2.57 bits per heavy atom. The summed E-state index contributed by atoms with van der Waals surface area (Å²) in [6.07, 6.45) is 0.962. The molecule has 2 aromatic rings. The molecule has 0 amide bonds. The van der Waals surface area contributed by atoms with Crippen molar-refractivity contribution in [3.8, 4) is 5.75 Å². The SMILES string of the molecule is COc1ccc2c(c1)c(C=O)c(C)n2CCN1CCN(C)CC1. The van der Waals surface area contributed by atoms with Crippen molar-refractivity contribution >= 4 is 17.2 Å². The third-order valence-corrected chi connectivity index (χ3v) is 4.93. The quantitative estimate of drug-likeness (QED) is 0.791. The Bertz CT molecular complexity index is 700. The predicted octanol–water partition coefficient (Wildman–Crippen LogP) is 2.02. The van der Waals surface area contributed by atoms with E-state index in [2.05, 4.69) is 27.5 Å². The van der Waals surface area contributed by atoms with E-state index in [1.54, 1.807) is 7.11 Å². The second kappa shape index (κ2) is 6.72. The molecular formula is C18H25N3O2. The lowest BCUT2D eigenvalue weighted by Gasteiger charge is -2.32. The molecule has 0 spiro atoms. The van der Waals surface area contributed by atoms with Gasteiger partial charge in [0.1, 0.15) is 5.75 Å². The molecule has 0 atom stereocenters. The van der Waals surface area contributed by atoms with E-state index in [4.69, 9.17) is 4.74 Å². The summed E-state index contributed by atoms with van der Waals surface area (Å²) in [5.74, 6) is 0.789. The van der Waals surface area contributed by atoms with Gasteiger partial charge in [-0.1, -0.05) is 0 Å². The molecule has 5 nitrogen and oxygen atoms in total. The summed E-state index contributed by atoms with van der Waals surface area (Å²) >= 11 is 0. The van der Waals surface area contributed by atoms with E-state index < -0.39 is 0 Å². The summed E-state index contributed by atoms with van der Waals surface area (Å²) in [5.41, 5.74) is 2.93. The number of piperazine rings is 1. The van der Waals surface area contributed by atoms with Gasteiger partial charge in [0.05, 0.1) is 7.11 Å². The van der Waals surface area contributed by atoms with Crippen molar-refractivity contribution in [3.05, 3.63) is 29.5 Å². The number of fused-ring (bicyclic) bond motifs is 1. The van der Waals surface area contributed by atoms with Gasteiger partial charge in [0, 0.05) is 61.4 Å². The highest BCUT2D eigenvalue weighted by atomic mass is 16.5. The van der Waals surface area contributed by atoms with E-state index in [1.807, 2.05) is 19.1 Å². The second-order valence-electron chi connectivity index (χ2n) is 6.30. The maximum atomic E-state index is 11.5. The van der Waals surface area contributed by atoms with Crippen LogP contribution in [0.15, 0.2) is 18.2 Å². The van der Waals surface area contributed by atoms with Crippen LogP contribution in [-0.4, -0.2) is 67.5 Å². The standard InChI is InChI=1S/C18H25N3O2/c1-14-17(13-22)16-12-15(23-3)4-5-18(16)21(14)11-10-20-8-6-19(2)7-9-20/h4-5,12-13H,6-11H2,1-3H3. The number of hydrogen-bond acceptors (Lipinski definition) is 4. The van der Waals surface area contributed by atoms with Crippen LogP contribution in [0.2, 0.25) is 0 Å². The number of likely N-dealkylation sites (N-methyl/N-ethyl adjacent to an activating group) is 1. The van der Waals surface area contributed by atoms with Gasteiger partial charge in [0.15, 0.2) is 6.29 Å². The summed E-state index contributed by atoms with van der Waals surface area (Å²) < 4.78 is 7.56. The van der Waals surface area contributed by atoms with E-state index in [-0.39, 0.29) is 0 Å². The number of benzene rings is 1.